The van der Waals surface area contributed by atoms with Gasteiger partial charge >= 0.3 is 12.0 Å². The van der Waals surface area contributed by atoms with Crippen LogP contribution in [0.15, 0.2) is 30.3 Å². The average molecular weight is 378 g/mol. The first-order chi connectivity index (χ1) is 12.3. The normalized spacial score (nSPS) is 17.0. The molecule has 3 rings (SSSR count). The number of pyridine rings is 1. The molecule has 0 unspecified atom stereocenters. The lowest BCUT2D eigenvalue weighted by atomic mass is 10.1. The Morgan fingerprint density at radius 3 is 2.81 bits per heavy atom. The number of benzene rings is 1. The van der Waals surface area contributed by atoms with Crippen LogP contribution in [0.3, 0.4) is 0 Å². The third-order valence-corrected chi connectivity index (χ3v) is 4.42. The minimum Gasteiger partial charge on any atom is -0.465 e. The van der Waals surface area contributed by atoms with Gasteiger partial charge in [0, 0.05) is 17.9 Å². The quantitative estimate of drug-likeness (QED) is 0.763. The summed E-state index contributed by atoms with van der Waals surface area (Å²) in [6, 6.07) is 7.24. The third kappa shape index (κ3) is 3.10. The topological polar surface area (TPSA) is 62.7 Å². The SMILES string of the molecule is COC(=O)c1cccc(N2C(=O)N(c3nc(C)cc(Cl)c3F)C[C@@H]2C)c1. The molecule has 1 atom stereocenters. The van der Waals surface area contributed by atoms with E-state index < -0.39 is 17.8 Å². The summed E-state index contributed by atoms with van der Waals surface area (Å²) < 4.78 is 19.1. The van der Waals surface area contributed by atoms with Crippen LogP contribution in [0.5, 0.6) is 0 Å². The molecule has 8 heteroatoms. The zero-order chi connectivity index (χ0) is 19.0. The molecule has 0 bridgehead atoms. The fraction of sp³-hybridized carbons (Fsp3) is 0.278. The highest BCUT2D eigenvalue weighted by molar-refractivity contribution is 6.31. The molecule has 6 nitrogen and oxygen atoms in total. The number of carbonyl (C=O) groups excluding carboxylic acids is 2. The Labute approximate surface area is 155 Å². The van der Waals surface area contributed by atoms with Gasteiger partial charge < -0.3 is 4.74 Å². The van der Waals surface area contributed by atoms with E-state index in [-0.39, 0.29) is 23.4 Å². The molecule has 1 aliphatic heterocycles. The van der Waals surface area contributed by atoms with Crippen molar-refractivity contribution < 1.29 is 18.7 Å². The van der Waals surface area contributed by atoms with Crippen LogP contribution >= 0.6 is 11.6 Å². The molecular formula is C18H17ClFN3O3. The van der Waals surface area contributed by atoms with Gasteiger partial charge in [0.1, 0.15) is 0 Å². The highest BCUT2D eigenvalue weighted by atomic mass is 35.5. The number of rotatable bonds is 3. The second-order valence-corrected chi connectivity index (χ2v) is 6.44. The standard InChI is InChI=1S/C18H17ClFN3O3/c1-10-7-14(19)15(20)16(21-10)22-9-11(2)23(18(22)25)13-6-4-5-12(8-13)17(24)26-3/h4-8,11H,9H2,1-3H3/t11-/m0/s1. The van der Waals surface area contributed by atoms with Gasteiger partial charge in [-0.3, -0.25) is 9.80 Å². The molecule has 1 aromatic heterocycles. The molecule has 1 fully saturated rings. The van der Waals surface area contributed by atoms with Crippen molar-refractivity contribution in [2.45, 2.75) is 19.9 Å². The number of halogens is 2. The summed E-state index contributed by atoms with van der Waals surface area (Å²) in [5, 5.41) is -0.0842. The van der Waals surface area contributed by atoms with E-state index >= 15 is 0 Å². The van der Waals surface area contributed by atoms with Crippen LogP contribution in [0.2, 0.25) is 5.02 Å². The van der Waals surface area contributed by atoms with Crippen molar-refractivity contribution in [2.75, 3.05) is 23.5 Å². The Morgan fingerprint density at radius 1 is 1.38 bits per heavy atom. The maximum absolute atomic E-state index is 14.4. The Morgan fingerprint density at radius 2 is 2.12 bits per heavy atom. The van der Waals surface area contributed by atoms with Crippen molar-refractivity contribution in [3.05, 3.63) is 52.4 Å². The fourth-order valence-corrected chi connectivity index (χ4v) is 3.21. The third-order valence-electron chi connectivity index (χ3n) is 4.15. The van der Waals surface area contributed by atoms with Crippen molar-refractivity contribution in [2.24, 2.45) is 0 Å². The van der Waals surface area contributed by atoms with Crippen molar-refractivity contribution in [1.29, 1.82) is 0 Å². The van der Waals surface area contributed by atoms with E-state index in [1.807, 2.05) is 6.92 Å². The molecule has 0 N–H and O–H groups in total. The number of hydrogen-bond donors (Lipinski definition) is 0. The minimum absolute atomic E-state index is 0.0842. The monoisotopic (exact) mass is 377 g/mol. The molecule has 2 aromatic rings. The fourth-order valence-electron chi connectivity index (χ4n) is 2.97. The van der Waals surface area contributed by atoms with Gasteiger partial charge in [0.25, 0.3) is 0 Å². The van der Waals surface area contributed by atoms with Crippen LogP contribution in [-0.2, 0) is 4.74 Å². The predicted molar refractivity (Wildman–Crippen MR) is 96.4 cm³/mol. The summed E-state index contributed by atoms with van der Waals surface area (Å²) in [6.45, 7) is 3.75. The molecule has 0 saturated carbocycles. The Hall–Kier alpha value is -2.67. The molecule has 136 valence electrons. The Kier molecular flexibility index (Phi) is 4.82. The van der Waals surface area contributed by atoms with Gasteiger partial charge in [-0.25, -0.2) is 19.0 Å². The van der Waals surface area contributed by atoms with Crippen LogP contribution in [0.4, 0.5) is 20.7 Å². The summed E-state index contributed by atoms with van der Waals surface area (Å²) in [5.41, 5.74) is 1.36. The number of amides is 2. The van der Waals surface area contributed by atoms with Gasteiger partial charge in [0.15, 0.2) is 11.6 Å². The molecule has 0 spiro atoms. The van der Waals surface area contributed by atoms with E-state index in [1.165, 1.54) is 23.0 Å². The number of methoxy groups -OCH3 is 1. The highest BCUT2D eigenvalue weighted by Gasteiger charge is 2.39. The van der Waals surface area contributed by atoms with Crippen LogP contribution in [0.25, 0.3) is 0 Å². The first-order valence-electron chi connectivity index (χ1n) is 7.95. The van der Waals surface area contributed by atoms with Crippen molar-refractivity contribution in [3.63, 3.8) is 0 Å². The van der Waals surface area contributed by atoms with Gasteiger partial charge in [-0.15, -0.1) is 0 Å². The van der Waals surface area contributed by atoms with Crippen LogP contribution in [-0.4, -0.2) is 36.7 Å². The summed E-state index contributed by atoms with van der Waals surface area (Å²) in [7, 11) is 1.29. The molecule has 2 heterocycles. The second kappa shape index (κ2) is 6.92. The lowest BCUT2D eigenvalue weighted by molar-refractivity contribution is 0.0600. The summed E-state index contributed by atoms with van der Waals surface area (Å²) in [6.07, 6.45) is 0. The first-order valence-corrected chi connectivity index (χ1v) is 8.33. The smallest absolute Gasteiger partial charge is 0.337 e. The van der Waals surface area contributed by atoms with E-state index in [2.05, 4.69) is 4.98 Å². The molecule has 2 amide bonds. The van der Waals surface area contributed by atoms with Gasteiger partial charge in [-0.05, 0) is 38.1 Å². The van der Waals surface area contributed by atoms with Gasteiger partial charge in [-0.2, -0.15) is 0 Å². The van der Waals surface area contributed by atoms with Crippen LogP contribution in [0.1, 0.15) is 23.0 Å². The number of carbonyl (C=O) groups is 2. The maximum atomic E-state index is 14.4. The average Bonchev–Trinajstić information content (AvgIpc) is 2.91. The molecule has 1 aromatic carbocycles. The van der Waals surface area contributed by atoms with Crippen molar-refractivity contribution >= 4 is 35.1 Å². The largest absolute Gasteiger partial charge is 0.465 e. The summed E-state index contributed by atoms with van der Waals surface area (Å²) in [5.74, 6) is -1.33. The van der Waals surface area contributed by atoms with E-state index in [9.17, 15) is 14.0 Å². The van der Waals surface area contributed by atoms with E-state index in [1.54, 1.807) is 31.2 Å². The molecule has 1 aliphatic rings. The molecule has 26 heavy (non-hydrogen) atoms. The number of nitrogens with zero attached hydrogens (tertiary/aromatic N) is 3. The zero-order valence-corrected chi connectivity index (χ0v) is 15.2. The molecule has 0 radical (unpaired) electrons. The summed E-state index contributed by atoms with van der Waals surface area (Å²) in [4.78, 5) is 31.5. The minimum atomic E-state index is -0.733. The van der Waals surface area contributed by atoms with E-state index in [0.29, 0.717) is 16.9 Å². The predicted octanol–water partition coefficient (Wildman–Crippen LogP) is 3.80. The number of esters is 1. The molecule has 0 aliphatic carbocycles. The summed E-state index contributed by atoms with van der Waals surface area (Å²) >= 11 is 5.89. The number of aryl methyl sites for hydroxylation is 1. The van der Waals surface area contributed by atoms with Gasteiger partial charge in [-0.1, -0.05) is 17.7 Å². The van der Waals surface area contributed by atoms with Gasteiger partial charge in [0.2, 0.25) is 0 Å². The Balaban J connectivity index is 1.98. The maximum Gasteiger partial charge on any atom is 0.337 e. The van der Waals surface area contributed by atoms with E-state index in [4.69, 9.17) is 16.3 Å². The second-order valence-electron chi connectivity index (χ2n) is 6.04. The van der Waals surface area contributed by atoms with Crippen LogP contribution in [0, 0.1) is 12.7 Å². The first kappa shape index (κ1) is 18.1. The molecular weight excluding hydrogens is 361 g/mol. The van der Waals surface area contributed by atoms with Crippen LogP contribution < -0.4 is 9.80 Å². The number of anilines is 2. The lowest BCUT2D eigenvalue weighted by Gasteiger charge is -2.21. The zero-order valence-electron chi connectivity index (χ0n) is 14.5. The number of ether oxygens (including phenoxy) is 1. The highest BCUT2D eigenvalue weighted by Crippen LogP contribution is 2.32. The lowest BCUT2D eigenvalue weighted by Crippen LogP contribution is -2.34. The Bertz CT molecular complexity index is 890. The van der Waals surface area contributed by atoms with Crippen molar-refractivity contribution in [3.8, 4) is 0 Å². The van der Waals surface area contributed by atoms with E-state index in [0.717, 1.165) is 0 Å². The number of urea groups is 1. The molecule has 1 saturated heterocycles. The number of hydrogen-bond acceptors (Lipinski definition) is 4. The van der Waals surface area contributed by atoms with Crippen molar-refractivity contribution in [1.82, 2.24) is 4.98 Å². The van der Waals surface area contributed by atoms with Gasteiger partial charge in [0.05, 0.1) is 23.7 Å². The number of aromatic nitrogens is 1.